The first-order valence-corrected chi connectivity index (χ1v) is 9.95. The van der Waals surface area contributed by atoms with Gasteiger partial charge < -0.3 is 15.2 Å². The van der Waals surface area contributed by atoms with Crippen LogP contribution in [0.15, 0.2) is 35.5 Å². The van der Waals surface area contributed by atoms with Gasteiger partial charge in [-0.15, -0.1) is 11.6 Å². The highest BCUT2D eigenvalue weighted by Gasteiger charge is 2.30. The van der Waals surface area contributed by atoms with Crippen molar-refractivity contribution in [1.82, 2.24) is 24.9 Å². The summed E-state index contributed by atoms with van der Waals surface area (Å²) in [6.45, 7) is 1.14. The van der Waals surface area contributed by atoms with Gasteiger partial charge in [0.25, 0.3) is 11.5 Å². The van der Waals surface area contributed by atoms with Gasteiger partial charge in [-0.3, -0.25) is 9.59 Å². The number of H-pyrrole nitrogens is 1. The summed E-state index contributed by atoms with van der Waals surface area (Å²) in [5.41, 5.74) is 0.843. The zero-order chi connectivity index (χ0) is 20.4. The summed E-state index contributed by atoms with van der Waals surface area (Å²) in [5, 5.41) is 6.98. The smallest absolute Gasteiger partial charge is 0.256 e. The molecule has 1 fully saturated rings. The van der Waals surface area contributed by atoms with Gasteiger partial charge in [0.15, 0.2) is 5.65 Å². The fourth-order valence-electron chi connectivity index (χ4n) is 3.63. The molecule has 152 valence electrons. The van der Waals surface area contributed by atoms with Crippen LogP contribution in [0.2, 0.25) is 0 Å². The van der Waals surface area contributed by atoms with E-state index in [0.717, 1.165) is 12.6 Å². The highest BCUT2D eigenvalue weighted by molar-refractivity contribution is 6.17. The molecule has 1 saturated heterocycles. The number of amides is 1. The topological polar surface area (TPSA) is 95.4 Å². The van der Waals surface area contributed by atoms with Crippen LogP contribution in [0.25, 0.3) is 5.65 Å². The van der Waals surface area contributed by atoms with E-state index in [-0.39, 0.29) is 17.5 Å². The number of fused-ring (bicyclic) bond motifs is 1. The monoisotopic (exact) mass is 418 g/mol. The first-order valence-electron chi connectivity index (χ1n) is 9.42. The number of nitrogens with one attached hydrogen (secondary N) is 2. The number of pyridine rings is 1. The van der Waals surface area contributed by atoms with Gasteiger partial charge in [-0.25, -0.2) is 13.9 Å². The zero-order valence-corrected chi connectivity index (χ0v) is 16.3. The maximum atomic E-state index is 13.7. The standard InChI is InChI=1S/C19H20ClFN6O2/c20-5-2-6-22-19(29)14-11-24-27-8-4-16(25-17(14)27)26-7-1-3-15(26)13-9-12(21)10-23-18(13)28/h4,8-11,15H,1-3,5-7H2,(H,22,29)(H,23,28)/t15-/m1/s1. The largest absolute Gasteiger partial charge is 0.352 e. The van der Waals surface area contributed by atoms with Crippen LogP contribution in [0.5, 0.6) is 0 Å². The third-order valence-corrected chi connectivity index (χ3v) is 5.27. The summed E-state index contributed by atoms with van der Waals surface area (Å²) >= 11 is 5.65. The molecule has 0 aromatic carbocycles. The van der Waals surface area contributed by atoms with Crippen molar-refractivity contribution in [1.29, 1.82) is 0 Å². The number of hydrogen-bond acceptors (Lipinski definition) is 5. The fraction of sp³-hybridized carbons (Fsp3) is 0.368. The van der Waals surface area contributed by atoms with Crippen LogP contribution < -0.4 is 15.8 Å². The SMILES string of the molecule is O=C(NCCCCl)c1cnn2ccc(N3CCC[C@@H]3c3cc(F)c[nH]c3=O)nc12. The van der Waals surface area contributed by atoms with Crippen LogP contribution >= 0.6 is 11.6 Å². The lowest BCUT2D eigenvalue weighted by Gasteiger charge is -2.25. The number of anilines is 1. The first kappa shape index (κ1) is 19.4. The molecule has 0 radical (unpaired) electrons. The summed E-state index contributed by atoms with van der Waals surface area (Å²) in [6, 6.07) is 2.77. The molecule has 1 atom stereocenters. The van der Waals surface area contributed by atoms with E-state index in [9.17, 15) is 14.0 Å². The molecule has 2 N–H and O–H groups in total. The van der Waals surface area contributed by atoms with Gasteiger partial charge in [0, 0.05) is 36.9 Å². The summed E-state index contributed by atoms with van der Waals surface area (Å²) in [5.74, 6) is 0.322. The first-order chi connectivity index (χ1) is 14.1. The van der Waals surface area contributed by atoms with Crippen molar-refractivity contribution in [3.63, 3.8) is 0 Å². The molecule has 10 heteroatoms. The lowest BCUT2D eigenvalue weighted by Crippen LogP contribution is -2.29. The summed E-state index contributed by atoms with van der Waals surface area (Å²) in [4.78, 5) is 33.7. The summed E-state index contributed by atoms with van der Waals surface area (Å²) in [7, 11) is 0. The average Bonchev–Trinajstić information content (AvgIpc) is 3.36. The van der Waals surface area contributed by atoms with Crippen molar-refractivity contribution in [3.8, 4) is 0 Å². The van der Waals surface area contributed by atoms with Gasteiger partial charge in [-0.1, -0.05) is 0 Å². The highest BCUT2D eigenvalue weighted by Crippen LogP contribution is 2.34. The second-order valence-electron chi connectivity index (χ2n) is 6.86. The maximum Gasteiger partial charge on any atom is 0.256 e. The summed E-state index contributed by atoms with van der Waals surface area (Å²) < 4.78 is 15.2. The Morgan fingerprint density at radius 2 is 2.31 bits per heavy atom. The Morgan fingerprint density at radius 1 is 1.45 bits per heavy atom. The molecule has 1 aliphatic rings. The molecule has 4 heterocycles. The number of hydrogen-bond donors (Lipinski definition) is 2. The molecule has 0 bridgehead atoms. The van der Waals surface area contributed by atoms with Crippen molar-refractivity contribution in [2.45, 2.75) is 25.3 Å². The van der Waals surface area contributed by atoms with Crippen molar-refractivity contribution in [2.75, 3.05) is 23.9 Å². The van der Waals surface area contributed by atoms with E-state index in [0.29, 0.717) is 54.4 Å². The molecule has 3 aromatic rings. The predicted octanol–water partition coefficient (Wildman–Crippen LogP) is 2.26. The molecular weight excluding hydrogens is 399 g/mol. The summed E-state index contributed by atoms with van der Waals surface area (Å²) in [6.07, 6.45) is 6.47. The number of nitrogens with zero attached hydrogens (tertiary/aromatic N) is 4. The fourth-order valence-corrected chi connectivity index (χ4v) is 3.76. The highest BCUT2D eigenvalue weighted by atomic mass is 35.5. The Kier molecular flexibility index (Phi) is 5.48. The molecule has 8 nitrogen and oxygen atoms in total. The number of rotatable bonds is 6. The number of halogens is 2. The number of alkyl halides is 1. The average molecular weight is 419 g/mol. The molecule has 3 aromatic heterocycles. The predicted molar refractivity (Wildman–Crippen MR) is 107 cm³/mol. The maximum absolute atomic E-state index is 13.7. The van der Waals surface area contributed by atoms with Crippen LogP contribution in [0.3, 0.4) is 0 Å². The van der Waals surface area contributed by atoms with E-state index in [4.69, 9.17) is 11.6 Å². The van der Waals surface area contributed by atoms with Gasteiger partial charge in [0.05, 0.1) is 12.2 Å². The third-order valence-electron chi connectivity index (χ3n) is 5.00. The second kappa shape index (κ2) is 8.20. The van der Waals surface area contributed by atoms with Crippen molar-refractivity contribution < 1.29 is 9.18 Å². The molecule has 29 heavy (non-hydrogen) atoms. The number of carbonyl (C=O) groups is 1. The van der Waals surface area contributed by atoms with Crippen LogP contribution in [0.1, 0.15) is 41.2 Å². The Bertz CT molecular complexity index is 1100. The number of carbonyl (C=O) groups excluding carboxylic acids is 1. The molecule has 1 amide bonds. The molecule has 0 spiro atoms. The van der Waals surface area contributed by atoms with Gasteiger partial charge >= 0.3 is 0 Å². The minimum Gasteiger partial charge on any atom is -0.352 e. The van der Waals surface area contributed by atoms with E-state index in [1.54, 1.807) is 12.3 Å². The van der Waals surface area contributed by atoms with E-state index in [1.165, 1.54) is 16.8 Å². The Balaban J connectivity index is 1.66. The van der Waals surface area contributed by atoms with Crippen LogP contribution in [-0.2, 0) is 0 Å². The van der Waals surface area contributed by atoms with Gasteiger partial charge in [0.2, 0.25) is 0 Å². The normalized spacial score (nSPS) is 16.5. The van der Waals surface area contributed by atoms with E-state index < -0.39 is 5.82 Å². The van der Waals surface area contributed by atoms with Crippen molar-refractivity contribution in [2.24, 2.45) is 0 Å². The Labute approximate surface area is 170 Å². The van der Waals surface area contributed by atoms with Gasteiger partial charge in [-0.2, -0.15) is 5.10 Å². The lowest BCUT2D eigenvalue weighted by atomic mass is 10.1. The van der Waals surface area contributed by atoms with Crippen LogP contribution in [0.4, 0.5) is 10.2 Å². The minimum absolute atomic E-state index is 0.269. The Hall–Kier alpha value is -2.94. The van der Waals surface area contributed by atoms with Crippen molar-refractivity contribution >= 4 is 29.0 Å². The van der Waals surface area contributed by atoms with E-state index >= 15 is 0 Å². The third kappa shape index (κ3) is 3.82. The van der Waals surface area contributed by atoms with Crippen LogP contribution in [-0.4, -0.2) is 44.5 Å². The Morgan fingerprint density at radius 3 is 3.14 bits per heavy atom. The zero-order valence-electron chi connectivity index (χ0n) is 15.6. The van der Waals surface area contributed by atoms with E-state index in [1.807, 2.05) is 4.90 Å². The molecule has 0 unspecified atom stereocenters. The quantitative estimate of drug-likeness (QED) is 0.473. The minimum atomic E-state index is -0.485. The number of aromatic nitrogens is 4. The number of aromatic amines is 1. The van der Waals surface area contributed by atoms with E-state index in [2.05, 4.69) is 20.4 Å². The van der Waals surface area contributed by atoms with Crippen molar-refractivity contribution in [3.05, 3.63) is 58.0 Å². The molecule has 4 rings (SSSR count). The van der Waals surface area contributed by atoms with Crippen LogP contribution in [0, 0.1) is 5.82 Å². The lowest BCUT2D eigenvalue weighted by molar-refractivity contribution is 0.0955. The molecular formula is C19H20ClFN6O2. The molecule has 1 aliphatic heterocycles. The molecule has 0 saturated carbocycles. The van der Waals surface area contributed by atoms with Gasteiger partial charge in [-0.05, 0) is 31.4 Å². The van der Waals surface area contributed by atoms with Gasteiger partial charge in [0.1, 0.15) is 17.2 Å². The molecule has 0 aliphatic carbocycles. The second-order valence-corrected chi connectivity index (χ2v) is 7.24.